The lowest BCUT2D eigenvalue weighted by Gasteiger charge is -2.34. The van der Waals surface area contributed by atoms with Gasteiger partial charge >= 0.3 is 0 Å². The fourth-order valence-corrected chi connectivity index (χ4v) is 11.1. The van der Waals surface area contributed by atoms with E-state index in [2.05, 4.69) is 131 Å². The van der Waals surface area contributed by atoms with Gasteiger partial charge in [-0.1, -0.05) is 193 Å². The van der Waals surface area contributed by atoms with Crippen molar-refractivity contribution in [3.8, 4) is 93.0 Å². The molecule has 0 fully saturated rings. The largest absolute Gasteiger partial charge is 0.506 e. The normalized spacial score (nSPS) is 11.2. The lowest BCUT2D eigenvalue weighted by Crippen LogP contribution is -2.28. The number of fused-ring (bicyclic) bond motifs is 3. The van der Waals surface area contributed by atoms with Crippen LogP contribution in [0.2, 0.25) is 0 Å². The van der Waals surface area contributed by atoms with E-state index in [0.29, 0.717) is 56.4 Å². The molecular formula is C83H52N2O6. The predicted molar refractivity (Wildman–Crippen MR) is 359 cm³/mol. The van der Waals surface area contributed by atoms with Gasteiger partial charge in [-0.05, 0) is 167 Å². The van der Waals surface area contributed by atoms with Crippen LogP contribution in [0, 0.1) is 47.4 Å². The highest BCUT2D eigenvalue weighted by Gasteiger charge is 2.46. The van der Waals surface area contributed by atoms with E-state index in [-0.39, 0.29) is 22.9 Å². The van der Waals surface area contributed by atoms with Crippen molar-refractivity contribution in [2.45, 2.75) is 5.41 Å². The van der Waals surface area contributed by atoms with Crippen molar-refractivity contribution < 1.29 is 29.3 Å². The smallest absolute Gasteiger partial charge is 0.255 e. The Bertz CT molecular complexity index is 4530. The van der Waals surface area contributed by atoms with Crippen LogP contribution < -0.4 is 20.1 Å². The van der Waals surface area contributed by atoms with Crippen molar-refractivity contribution in [2.75, 3.05) is 10.6 Å². The Hall–Kier alpha value is -13.0. The topological polar surface area (TPSA) is 117 Å². The van der Waals surface area contributed by atoms with Gasteiger partial charge in [0.15, 0.2) is 0 Å². The Kier molecular flexibility index (Phi) is 16.3. The first-order valence-electron chi connectivity index (χ1n) is 29.3. The predicted octanol–water partition coefficient (Wildman–Crippen LogP) is 17.1. The molecule has 1 aliphatic carbocycles. The van der Waals surface area contributed by atoms with E-state index in [9.17, 15) is 19.8 Å². The van der Waals surface area contributed by atoms with E-state index in [1.54, 1.807) is 48.5 Å². The molecule has 12 aromatic rings. The molecule has 1 aliphatic rings. The summed E-state index contributed by atoms with van der Waals surface area (Å²) in [4.78, 5) is 28.2. The third-order valence-electron chi connectivity index (χ3n) is 15.3. The van der Waals surface area contributed by atoms with Crippen LogP contribution in [0.25, 0.3) is 11.1 Å². The van der Waals surface area contributed by atoms with Gasteiger partial charge in [0.05, 0.1) is 16.8 Å². The number of hydrogen-bond donors (Lipinski definition) is 4. The summed E-state index contributed by atoms with van der Waals surface area (Å²) in [5, 5.41) is 28.0. The third kappa shape index (κ3) is 12.9. The number of rotatable bonds is 10. The molecule has 12 aromatic carbocycles. The van der Waals surface area contributed by atoms with Gasteiger partial charge in [0.1, 0.15) is 34.5 Å². The molecule has 4 N–H and O–H groups in total. The molecule has 91 heavy (non-hydrogen) atoms. The third-order valence-corrected chi connectivity index (χ3v) is 15.3. The number of aromatic hydroxyl groups is 2. The fraction of sp³-hybridized carbons (Fsp3) is 0.0120. The second-order valence-corrected chi connectivity index (χ2v) is 21.4. The molecule has 13 rings (SSSR count). The Morgan fingerprint density at radius 2 is 0.582 bits per heavy atom. The molecule has 0 saturated carbocycles. The monoisotopic (exact) mass is 1170 g/mol. The van der Waals surface area contributed by atoms with Crippen LogP contribution in [-0.2, 0) is 5.41 Å². The Balaban J connectivity index is 0.751. The molecule has 430 valence electrons. The van der Waals surface area contributed by atoms with E-state index >= 15 is 0 Å². The molecule has 0 aromatic heterocycles. The molecule has 0 radical (unpaired) electrons. The van der Waals surface area contributed by atoms with E-state index < -0.39 is 17.2 Å². The van der Waals surface area contributed by atoms with Gasteiger partial charge in [-0.3, -0.25) is 9.59 Å². The van der Waals surface area contributed by atoms with Gasteiger partial charge in [-0.2, -0.15) is 0 Å². The quantitative estimate of drug-likeness (QED) is 0.0801. The number of phenolic OH excluding ortho intramolecular Hbond substituents is 2. The molecule has 0 spiro atoms. The summed E-state index contributed by atoms with van der Waals surface area (Å²) in [5.41, 5.74) is 12.3. The zero-order valence-electron chi connectivity index (χ0n) is 48.7. The van der Waals surface area contributed by atoms with Crippen molar-refractivity contribution in [2.24, 2.45) is 0 Å². The minimum absolute atomic E-state index is 0.141. The zero-order chi connectivity index (χ0) is 61.9. The number of carbonyl (C=O) groups is 2. The van der Waals surface area contributed by atoms with Crippen LogP contribution in [0.5, 0.6) is 34.5 Å². The maximum Gasteiger partial charge on any atom is 0.255 e. The molecule has 8 nitrogen and oxygen atoms in total. The maximum atomic E-state index is 14.1. The summed E-state index contributed by atoms with van der Waals surface area (Å²) in [6.45, 7) is 0. The molecule has 0 unspecified atom stereocenters. The number of phenols is 2. The lowest BCUT2D eigenvalue weighted by atomic mass is 9.68. The maximum absolute atomic E-state index is 14.1. The summed E-state index contributed by atoms with van der Waals surface area (Å²) < 4.78 is 12.9. The second-order valence-electron chi connectivity index (χ2n) is 21.4. The summed E-state index contributed by atoms with van der Waals surface area (Å²) in [5.74, 6) is 26.1. The summed E-state index contributed by atoms with van der Waals surface area (Å²) in [7, 11) is 0. The number of amides is 2. The van der Waals surface area contributed by atoms with Crippen molar-refractivity contribution in [1.82, 2.24) is 0 Å². The van der Waals surface area contributed by atoms with Crippen molar-refractivity contribution >= 4 is 23.2 Å². The number of benzene rings is 12. The van der Waals surface area contributed by atoms with Crippen molar-refractivity contribution in [3.63, 3.8) is 0 Å². The Labute approximate surface area is 527 Å². The first-order valence-corrected chi connectivity index (χ1v) is 29.3. The minimum Gasteiger partial charge on any atom is -0.506 e. The highest BCUT2D eigenvalue weighted by molar-refractivity contribution is 6.06. The first-order chi connectivity index (χ1) is 44.7. The zero-order valence-corrected chi connectivity index (χ0v) is 48.7. The number of ether oxygens (including phenoxy) is 2. The van der Waals surface area contributed by atoms with Crippen LogP contribution in [0.4, 0.5) is 11.4 Å². The van der Waals surface area contributed by atoms with Gasteiger partial charge in [0.25, 0.3) is 11.8 Å². The molecule has 0 bridgehead atoms. The number of nitrogens with one attached hydrogen (secondary N) is 2. The molecule has 0 saturated heterocycles. The summed E-state index contributed by atoms with van der Waals surface area (Å²) in [6, 6.07) is 91.2. The SMILES string of the molecule is O=C(Nc1cc(Oc2ccc(C3(c4ccc(Oc5ccc(O)c(NC(=O)c6cc(C#Cc7ccccc7)cc(C#Cc7ccccc7)c6)c5)cc4)c4ccccc4-c4ccccc43)cc2)ccc1O)c1cc(C#Cc2ccccc2)cc(C#Cc2ccccc2)c1. The average molecular weight is 1170 g/mol. The minimum atomic E-state index is -0.773. The van der Waals surface area contributed by atoms with E-state index in [0.717, 1.165) is 55.6 Å². The number of carbonyl (C=O) groups excluding carboxylic acids is 2. The number of hydrogen-bond acceptors (Lipinski definition) is 6. The highest BCUT2D eigenvalue weighted by Crippen LogP contribution is 2.56. The van der Waals surface area contributed by atoms with Crippen LogP contribution in [-0.4, -0.2) is 22.0 Å². The van der Waals surface area contributed by atoms with E-state index in [1.165, 1.54) is 12.1 Å². The van der Waals surface area contributed by atoms with Gasteiger partial charge in [0.2, 0.25) is 0 Å². The molecule has 0 aliphatic heterocycles. The molecule has 0 heterocycles. The summed E-state index contributed by atoms with van der Waals surface area (Å²) in [6.07, 6.45) is 0. The lowest BCUT2D eigenvalue weighted by molar-refractivity contribution is 0.101. The molecule has 2 amide bonds. The number of anilines is 2. The van der Waals surface area contributed by atoms with Gasteiger partial charge < -0.3 is 30.3 Å². The van der Waals surface area contributed by atoms with Crippen LogP contribution in [0.15, 0.2) is 291 Å². The van der Waals surface area contributed by atoms with Crippen LogP contribution in [0.1, 0.15) is 87.5 Å². The van der Waals surface area contributed by atoms with E-state index in [1.807, 2.05) is 158 Å². The Morgan fingerprint density at radius 1 is 0.297 bits per heavy atom. The summed E-state index contributed by atoms with van der Waals surface area (Å²) >= 11 is 0. The van der Waals surface area contributed by atoms with Gasteiger partial charge in [-0.15, -0.1) is 0 Å². The highest BCUT2D eigenvalue weighted by atomic mass is 16.5. The van der Waals surface area contributed by atoms with E-state index in [4.69, 9.17) is 9.47 Å². The fourth-order valence-electron chi connectivity index (χ4n) is 11.1. The van der Waals surface area contributed by atoms with Crippen molar-refractivity contribution in [1.29, 1.82) is 0 Å². The first kappa shape index (κ1) is 57.1. The van der Waals surface area contributed by atoms with Crippen molar-refractivity contribution in [3.05, 3.63) is 369 Å². The van der Waals surface area contributed by atoms with Crippen LogP contribution >= 0.6 is 0 Å². The molecule has 0 atom stereocenters. The van der Waals surface area contributed by atoms with Gasteiger partial charge in [-0.25, -0.2) is 0 Å². The van der Waals surface area contributed by atoms with Gasteiger partial charge in [0, 0.05) is 67.8 Å². The average Bonchev–Trinajstić information content (AvgIpc) is 1.56. The second kappa shape index (κ2) is 25.9. The molecular weight excluding hydrogens is 1120 g/mol. The Morgan fingerprint density at radius 3 is 0.912 bits per heavy atom. The standard InChI is InChI=1S/C83H52N2O6/c86-79-47-45-71(55-77(79)84-81(88)65-51-61(33-29-57-17-5-1-6-18-57)49-62(52-65)34-30-58-19-7-2-8-20-58)90-69-41-37-67(38-42-69)83(75-27-15-13-25-73(75)74-26-14-16-28-76(74)83)68-39-43-70(44-40-68)91-72-46-48-80(87)78(56-72)85-82(89)66-53-63(35-31-59-21-9-3-10-22-59)50-64(54-66)36-32-60-23-11-4-12-24-60/h1-28,37-56,86-87H,(H,84,88)(H,85,89). The molecule has 8 heteroatoms. The van der Waals surface area contributed by atoms with Crippen LogP contribution in [0.3, 0.4) is 0 Å².